The molecule has 0 fully saturated rings. The lowest BCUT2D eigenvalue weighted by molar-refractivity contribution is 0.0992. The monoisotopic (exact) mass is 392 g/mol. The van der Waals surface area contributed by atoms with Crippen LogP contribution in [0.4, 0.5) is 0 Å². The molecule has 21 heavy (non-hydrogen) atoms. The van der Waals surface area contributed by atoms with E-state index in [0.717, 1.165) is 20.3 Å². The summed E-state index contributed by atoms with van der Waals surface area (Å²) in [5, 5.41) is 0. The summed E-state index contributed by atoms with van der Waals surface area (Å²) in [6, 6.07) is 14.3. The molecule has 0 unspecified atom stereocenters. The average Bonchev–Trinajstić information content (AvgIpc) is 2.41. The van der Waals surface area contributed by atoms with E-state index in [1.54, 1.807) is 0 Å². The van der Waals surface area contributed by atoms with E-state index in [0.29, 0.717) is 6.42 Å². The van der Waals surface area contributed by atoms with Gasteiger partial charge in [-0.1, -0.05) is 63.2 Å². The molecular weight excluding hydrogens is 371 g/mol. The Morgan fingerprint density at radius 1 is 1.05 bits per heavy atom. The van der Waals surface area contributed by atoms with Crippen molar-refractivity contribution in [2.75, 3.05) is 0 Å². The molecule has 0 radical (unpaired) electrons. The van der Waals surface area contributed by atoms with Gasteiger partial charge in [0.15, 0.2) is 5.78 Å². The second kappa shape index (κ2) is 6.30. The first-order valence-electron chi connectivity index (χ1n) is 7.17. The molecule has 1 nitrogen and oxygen atoms in total. The lowest BCUT2D eigenvalue weighted by atomic mass is 9.86. The van der Waals surface area contributed by atoms with Crippen LogP contribution in [0, 0.1) is 10.5 Å². The van der Waals surface area contributed by atoms with Crippen molar-refractivity contribution in [1.29, 1.82) is 0 Å². The molecule has 110 valence electrons. The molecule has 0 aliphatic carbocycles. The summed E-state index contributed by atoms with van der Waals surface area (Å²) in [6.45, 7) is 8.63. The van der Waals surface area contributed by atoms with Crippen molar-refractivity contribution in [3.05, 3.63) is 68.3 Å². The smallest absolute Gasteiger partial charge is 0.168 e. The first-order valence-corrected chi connectivity index (χ1v) is 8.24. The molecule has 2 aromatic rings. The van der Waals surface area contributed by atoms with E-state index in [9.17, 15) is 4.79 Å². The SMILES string of the molecule is Cc1cccc(C(=O)Cc2ccc(C(C)(C)C)cc2)c1I. The van der Waals surface area contributed by atoms with Crippen LogP contribution in [0.25, 0.3) is 0 Å². The van der Waals surface area contributed by atoms with Gasteiger partial charge in [-0.3, -0.25) is 4.79 Å². The molecule has 0 bridgehead atoms. The van der Waals surface area contributed by atoms with E-state index in [1.165, 1.54) is 5.56 Å². The predicted octanol–water partition coefficient (Wildman–Crippen LogP) is 5.32. The fraction of sp³-hybridized carbons (Fsp3) is 0.316. The van der Waals surface area contributed by atoms with E-state index in [-0.39, 0.29) is 11.2 Å². The lowest BCUT2D eigenvalue weighted by Crippen LogP contribution is -2.11. The van der Waals surface area contributed by atoms with Gasteiger partial charge in [0.25, 0.3) is 0 Å². The summed E-state index contributed by atoms with van der Waals surface area (Å²) in [7, 11) is 0. The van der Waals surface area contributed by atoms with Gasteiger partial charge in [0, 0.05) is 15.6 Å². The third-order valence-corrected chi connectivity index (χ3v) is 5.11. The lowest BCUT2D eigenvalue weighted by Gasteiger charge is -2.19. The molecule has 2 heteroatoms. The highest BCUT2D eigenvalue weighted by Gasteiger charge is 2.15. The Kier molecular flexibility index (Phi) is 4.87. The number of halogens is 1. The van der Waals surface area contributed by atoms with E-state index in [4.69, 9.17) is 0 Å². The van der Waals surface area contributed by atoms with Gasteiger partial charge >= 0.3 is 0 Å². The minimum absolute atomic E-state index is 0.147. The van der Waals surface area contributed by atoms with Crippen molar-refractivity contribution in [2.24, 2.45) is 0 Å². The number of ketones is 1. The zero-order valence-corrected chi connectivity index (χ0v) is 15.2. The highest BCUT2D eigenvalue weighted by Crippen LogP contribution is 2.23. The minimum Gasteiger partial charge on any atom is -0.294 e. The number of Topliss-reactive ketones (excluding diaryl/α,β-unsaturated/α-hetero) is 1. The van der Waals surface area contributed by atoms with Crippen molar-refractivity contribution >= 4 is 28.4 Å². The Bertz CT molecular complexity index is 648. The van der Waals surface area contributed by atoms with Crippen molar-refractivity contribution in [3.63, 3.8) is 0 Å². The van der Waals surface area contributed by atoms with Crippen LogP contribution in [0.5, 0.6) is 0 Å². The highest BCUT2D eigenvalue weighted by atomic mass is 127. The molecular formula is C19H21IO. The Balaban J connectivity index is 2.18. The fourth-order valence-corrected chi connectivity index (χ4v) is 2.93. The summed E-state index contributed by atoms with van der Waals surface area (Å²) >= 11 is 2.26. The number of aryl methyl sites for hydroxylation is 1. The van der Waals surface area contributed by atoms with Crippen molar-refractivity contribution < 1.29 is 4.79 Å². The number of benzene rings is 2. The van der Waals surface area contributed by atoms with E-state index in [1.807, 2.05) is 25.1 Å². The molecule has 0 aliphatic heterocycles. The maximum atomic E-state index is 12.5. The number of hydrogen-bond acceptors (Lipinski definition) is 1. The molecule has 0 spiro atoms. The Labute approximate surface area is 140 Å². The van der Waals surface area contributed by atoms with Gasteiger partial charge in [-0.15, -0.1) is 0 Å². The molecule has 0 aliphatic rings. The molecule has 2 aromatic carbocycles. The molecule has 0 aromatic heterocycles. The molecule has 2 rings (SSSR count). The zero-order chi connectivity index (χ0) is 15.6. The molecule has 0 N–H and O–H groups in total. The van der Waals surface area contributed by atoms with Crippen molar-refractivity contribution in [1.82, 2.24) is 0 Å². The van der Waals surface area contributed by atoms with Gasteiger partial charge in [-0.05, 0) is 51.6 Å². The third kappa shape index (κ3) is 3.94. The van der Waals surface area contributed by atoms with Crippen LogP contribution in [0.1, 0.15) is 47.8 Å². The van der Waals surface area contributed by atoms with Crippen LogP contribution in [0.3, 0.4) is 0 Å². The number of carbonyl (C=O) groups excluding carboxylic acids is 1. The van der Waals surface area contributed by atoms with Gasteiger partial charge in [0.2, 0.25) is 0 Å². The minimum atomic E-state index is 0.147. The summed E-state index contributed by atoms with van der Waals surface area (Å²) in [5.41, 5.74) is 4.50. The molecule has 0 amide bonds. The quantitative estimate of drug-likeness (QED) is 0.510. The average molecular weight is 392 g/mol. The highest BCUT2D eigenvalue weighted by molar-refractivity contribution is 14.1. The van der Waals surface area contributed by atoms with Crippen LogP contribution in [0.15, 0.2) is 42.5 Å². The standard InChI is InChI=1S/C19H21IO/c1-13-6-5-7-16(18(13)20)17(21)12-14-8-10-15(11-9-14)19(2,3)4/h5-11H,12H2,1-4H3. The van der Waals surface area contributed by atoms with E-state index >= 15 is 0 Å². The first kappa shape index (κ1) is 16.2. The van der Waals surface area contributed by atoms with E-state index < -0.39 is 0 Å². The van der Waals surface area contributed by atoms with Gasteiger partial charge in [0.05, 0.1) is 0 Å². The maximum Gasteiger partial charge on any atom is 0.168 e. The Morgan fingerprint density at radius 2 is 1.67 bits per heavy atom. The number of rotatable bonds is 3. The van der Waals surface area contributed by atoms with Crippen LogP contribution in [-0.2, 0) is 11.8 Å². The Morgan fingerprint density at radius 3 is 2.24 bits per heavy atom. The van der Waals surface area contributed by atoms with Crippen molar-refractivity contribution in [2.45, 2.75) is 39.5 Å². The normalized spacial score (nSPS) is 11.5. The maximum absolute atomic E-state index is 12.5. The van der Waals surface area contributed by atoms with Crippen LogP contribution in [0.2, 0.25) is 0 Å². The van der Waals surface area contributed by atoms with Crippen LogP contribution >= 0.6 is 22.6 Å². The molecule has 0 atom stereocenters. The predicted molar refractivity (Wildman–Crippen MR) is 97.1 cm³/mol. The van der Waals surface area contributed by atoms with Gasteiger partial charge < -0.3 is 0 Å². The first-order chi connectivity index (χ1) is 9.79. The second-order valence-corrected chi connectivity index (χ2v) is 7.56. The molecule has 0 saturated heterocycles. The molecule has 0 saturated carbocycles. The van der Waals surface area contributed by atoms with Crippen molar-refractivity contribution in [3.8, 4) is 0 Å². The summed E-state index contributed by atoms with van der Waals surface area (Å²) in [5.74, 6) is 0.187. The van der Waals surface area contributed by atoms with Gasteiger partial charge in [-0.25, -0.2) is 0 Å². The topological polar surface area (TPSA) is 17.1 Å². The van der Waals surface area contributed by atoms with E-state index in [2.05, 4.69) is 67.6 Å². The third-order valence-electron chi connectivity index (χ3n) is 3.68. The van der Waals surface area contributed by atoms with Gasteiger partial charge in [-0.2, -0.15) is 0 Å². The summed E-state index contributed by atoms with van der Waals surface area (Å²) in [6.07, 6.45) is 0.462. The largest absolute Gasteiger partial charge is 0.294 e. The van der Waals surface area contributed by atoms with Crippen LogP contribution in [-0.4, -0.2) is 5.78 Å². The zero-order valence-electron chi connectivity index (χ0n) is 13.0. The number of carbonyl (C=O) groups is 1. The summed E-state index contributed by atoms with van der Waals surface area (Å²) < 4.78 is 1.06. The Hall–Kier alpha value is -1.16. The van der Waals surface area contributed by atoms with Gasteiger partial charge in [0.1, 0.15) is 0 Å². The second-order valence-electron chi connectivity index (χ2n) is 6.48. The summed E-state index contributed by atoms with van der Waals surface area (Å²) in [4.78, 5) is 12.5. The van der Waals surface area contributed by atoms with Crippen LogP contribution < -0.4 is 0 Å². The molecule has 0 heterocycles. The fourth-order valence-electron chi connectivity index (χ4n) is 2.27. The number of hydrogen-bond donors (Lipinski definition) is 0.